The van der Waals surface area contributed by atoms with Crippen molar-refractivity contribution >= 4 is 0 Å². The van der Waals surface area contributed by atoms with Gasteiger partial charge in [0.2, 0.25) is 0 Å². The molecule has 2 aliphatic rings. The summed E-state index contributed by atoms with van der Waals surface area (Å²) in [4.78, 5) is 0. The molecule has 2 nitrogen and oxygen atoms in total. The molecule has 0 amide bonds. The fourth-order valence-electron chi connectivity index (χ4n) is 2.85. The molecule has 0 aliphatic carbocycles. The van der Waals surface area contributed by atoms with Gasteiger partial charge in [0, 0.05) is 19.1 Å². The van der Waals surface area contributed by atoms with Crippen molar-refractivity contribution in [3.63, 3.8) is 0 Å². The molecule has 3 rings (SSSR count). The van der Waals surface area contributed by atoms with Gasteiger partial charge in [0.15, 0.2) is 11.6 Å². The minimum absolute atomic E-state index is 0.198. The number of ether oxygens (including phenoxy) is 1. The molecule has 0 saturated carbocycles. The van der Waals surface area contributed by atoms with Gasteiger partial charge in [0.25, 0.3) is 0 Å². The van der Waals surface area contributed by atoms with E-state index in [9.17, 15) is 8.78 Å². The van der Waals surface area contributed by atoms with E-state index in [1.807, 2.05) is 6.20 Å². The van der Waals surface area contributed by atoms with Crippen molar-refractivity contribution in [2.24, 2.45) is 5.92 Å². The number of benzene rings is 1. The molecule has 96 valence electrons. The third-order valence-electron chi connectivity index (χ3n) is 3.80. The average Bonchev–Trinajstić information content (AvgIpc) is 2.41. The minimum Gasteiger partial charge on any atom is -0.390 e. The van der Waals surface area contributed by atoms with E-state index in [1.165, 1.54) is 17.7 Å². The van der Waals surface area contributed by atoms with Crippen LogP contribution >= 0.6 is 0 Å². The minimum atomic E-state index is -0.787. The second-order valence-electron chi connectivity index (χ2n) is 4.86. The summed E-state index contributed by atoms with van der Waals surface area (Å²) < 4.78 is 31.7. The van der Waals surface area contributed by atoms with Crippen molar-refractivity contribution in [1.82, 2.24) is 5.32 Å². The van der Waals surface area contributed by atoms with Crippen LogP contribution in [0.5, 0.6) is 0 Å². The third-order valence-corrected chi connectivity index (χ3v) is 3.80. The Morgan fingerprint density at radius 2 is 2.06 bits per heavy atom. The van der Waals surface area contributed by atoms with E-state index in [1.54, 1.807) is 6.07 Å². The Bertz CT molecular complexity index is 487. The summed E-state index contributed by atoms with van der Waals surface area (Å²) in [6.45, 7) is 2.14. The fourth-order valence-corrected chi connectivity index (χ4v) is 2.85. The maximum Gasteiger partial charge on any atom is 0.159 e. The van der Waals surface area contributed by atoms with E-state index >= 15 is 0 Å². The van der Waals surface area contributed by atoms with Crippen molar-refractivity contribution in [2.45, 2.75) is 12.3 Å². The van der Waals surface area contributed by atoms with Crippen molar-refractivity contribution in [1.29, 1.82) is 0 Å². The molecule has 2 heterocycles. The summed E-state index contributed by atoms with van der Waals surface area (Å²) in [7, 11) is 0. The van der Waals surface area contributed by atoms with Gasteiger partial charge in [0.1, 0.15) is 0 Å². The van der Waals surface area contributed by atoms with Gasteiger partial charge in [-0.05, 0) is 41.8 Å². The fraction of sp³-hybridized carbons (Fsp3) is 0.429. The van der Waals surface area contributed by atoms with Gasteiger partial charge in [0.05, 0.1) is 6.61 Å². The molecule has 1 fully saturated rings. The molecule has 1 aromatic rings. The number of hydrogen-bond donors (Lipinski definition) is 1. The molecule has 18 heavy (non-hydrogen) atoms. The van der Waals surface area contributed by atoms with Gasteiger partial charge in [-0.1, -0.05) is 6.07 Å². The van der Waals surface area contributed by atoms with Crippen LogP contribution in [0.1, 0.15) is 17.9 Å². The van der Waals surface area contributed by atoms with Crippen molar-refractivity contribution in [2.75, 3.05) is 19.8 Å². The molecule has 0 aromatic heterocycles. The summed E-state index contributed by atoms with van der Waals surface area (Å²) >= 11 is 0. The summed E-state index contributed by atoms with van der Waals surface area (Å²) in [6.07, 6.45) is 2.94. The molecule has 2 unspecified atom stereocenters. The van der Waals surface area contributed by atoms with Crippen LogP contribution < -0.4 is 5.32 Å². The van der Waals surface area contributed by atoms with Gasteiger partial charge in [-0.2, -0.15) is 0 Å². The highest BCUT2D eigenvalue weighted by molar-refractivity contribution is 5.28. The summed E-state index contributed by atoms with van der Waals surface area (Å²) in [5, 5.41) is 3.21. The largest absolute Gasteiger partial charge is 0.390 e. The molecule has 0 spiro atoms. The number of halogens is 2. The first-order valence-electron chi connectivity index (χ1n) is 6.20. The Balaban J connectivity index is 1.91. The molecule has 2 aliphatic heterocycles. The van der Waals surface area contributed by atoms with Crippen molar-refractivity contribution in [3.05, 3.63) is 47.2 Å². The zero-order valence-corrected chi connectivity index (χ0v) is 9.96. The van der Waals surface area contributed by atoms with E-state index in [0.29, 0.717) is 12.5 Å². The van der Waals surface area contributed by atoms with Crippen LogP contribution in [0.2, 0.25) is 0 Å². The van der Waals surface area contributed by atoms with Gasteiger partial charge in [-0.15, -0.1) is 0 Å². The first kappa shape index (κ1) is 11.7. The molecule has 4 heteroatoms. The maximum absolute atomic E-state index is 13.3. The van der Waals surface area contributed by atoms with E-state index in [0.717, 1.165) is 25.1 Å². The smallest absolute Gasteiger partial charge is 0.159 e. The van der Waals surface area contributed by atoms with Gasteiger partial charge < -0.3 is 10.1 Å². The summed E-state index contributed by atoms with van der Waals surface area (Å²) in [6, 6.07) is 4.21. The first-order chi connectivity index (χ1) is 8.75. The van der Waals surface area contributed by atoms with Crippen LogP contribution in [-0.2, 0) is 4.74 Å². The van der Waals surface area contributed by atoms with Gasteiger partial charge in [-0.3, -0.25) is 0 Å². The standard InChI is InChI=1S/C14H15F2NO/c15-13-2-1-9(5-14(13)16)12-7-17-6-10-8-18-4-3-11(10)12/h1-2,5-6,11-12,17H,3-4,7-8H2. The SMILES string of the molecule is Fc1ccc(C2CNC=C3COCCC32)cc1F. The van der Waals surface area contributed by atoms with Crippen LogP contribution in [0.25, 0.3) is 0 Å². The Labute approximate surface area is 105 Å². The highest BCUT2D eigenvalue weighted by atomic mass is 19.2. The van der Waals surface area contributed by atoms with E-state index in [-0.39, 0.29) is 5.92 Å². The lowest BCUT2D eigenvalue weighted by Crippen LogP contribution is -2.35. The topological polar surface area (TPSA) is 21.3 Å². The number of rotatable bonds is 1. The zero-order chi connectivity index (χ0) is 12.5. The molecule has 1 saturated heterocycles. The van der Waals surface area contributed by atoms with E-state index in [2.05, 4.69) is 5.32 Å². The molecule has 0 bridgehead atoms. The normalized spacial score (nSPS) is 27.1. The lowest BCUT2D eigenvalue weighted by molar-refractivity contribution is 0.0963. The van der Waals surface area contributed by atoms with E-state index in [4.69, 9.17) is 4.74 Å². The number of nitrogens with one attached hydrogen (secondary N) is 1. The molecule has 0 radical (unpaired) electrons. The Morgan fingerprint density at radius 3 is 2.89 bits per heavy atom. The Hall–Kier alpha value is -1.42. The number of fused-ring (bicyclic) bond motifs is 1. The second-order valence-corrected chi connectivity index (χ2v) is 4.86. The highest BCUT2D eigenvalue weighted by Crippen LogP contribution is 2.37. The third kappa shape index (κ3) is 2.01. The van der Waals surface area contributed by atoms with Crippen LogP contribution in [0.3, 0.4) is 0 Å². The lowest BCUT2D eigenvalue weighted by atomic mass is 9.77. The maximum atomic E-state index is 13.3. The summed E-state index contributed by atoms with van der Waals surface area (Å²) in [5.41, 5.74) is 2.08. The quantitative estimate of drug-likeness (QED) is 0.828. The van der Waals surface area contributed by atoms with Crippen LogP contribution in [-0.4, -0.2) is 19.8 Å². The molecular formula is C14H15F2NO. The predicted octanol–water partition coefficient (Wildman–Crippen LogP) is 2.57. The Kier molecular flexibility index (Phi) is 3.04. The van der Waals surface area contributed by atoms with Crippen molar-refractivity contribution in [3.8, 4) is 0 Å². The molecule has 1 N–H and O–H groups in total. The highest BCUT2D eigenvalue weighted by Gasteiger charge is 2.31. The van der Waals surface area contributed by atoms with Crippen LogP contribution in [0, 0.1) is 17.6 Å². The van der Waals surface area contributed by atoms with Crippen molar-refractivity contribution < 1.29 is 13.5 Å². The molecule has 2 atom stereocenters. The number of hydrogen-bond acceptors (Lipinski definition) is 2. The van der Waals surface area contributed by atoms with Gasteiger partial charge >= 0.3 is 0 Å². The average molecular weight is 251 g/mol. The van der Waals surface area contributed by atoms with Crippen LogP contribution in [0.15, 0.2) is 30.0 Å². The second kappa shape index (κ2) is 4.69. The molecular weight excluding hydrogens is 236 g/mol. The monoisotopic (exact) mass is 251 g/mol. The molecule has 1 aromatic carbocycles. The lowest BCUT2D eigenvalue weighted by Gasteiger charge is -2.36. The zero-order valence-electron chi connectivity index (χ0n) is 9.96. The first-order valence-corrected chi connectivity index (χ1v) is 6.20. The predicted molar refractivity (Wildman–Crippen MR) is 64.1 cm³/mol. The van der Waals surface area contributed by atoms with Crippen LogP contribution in [0.4, 0.5) is 8.78 Å². The van der Waals surface area contributed by atoms with E-state index < -0.39 is 11.6 Å². The summed E-state index contributed by atoms with van der Waals surface area (Å²) in [5.74, 6) is -0.977. The Morgan fingerprint density at radius 1 is 1.17 bits per heavy atom. The van der Waals surface area contributed by atoms with Gasteiger partial charge in [-0.25, -0.2) is 8.78 Å².